The van der Waals surface area contributed by atoms with Gasteiger partial charge in [0.1, 0.15) is 0 Å². The number of nitrogens with two attached hydrogens (primary N) is 1. The van der Waals surface area contributed by atoms with Gasteiger partial charge in [-0.15, -0.1) is 0 Å². The first-order chi connectivity index (χ1) is 13.2. The standard InChI is InChI=1S/C25H56NP/c1-4-7-10-13-16-19-22-27(25-26,23-20-17-14-11-8-5-2)24-21-18-15-12-9-6-3/h27H,4-26H2,1-3H3. The van der Waals surface area contributed by atoms with Gasteiger partial charge in [0, 0.05) is 0 Å². The molecule has 0 rings (SSSR count). The second-order valence-corrected chi connectivity index (χ2v) is 14.2. The van der Waals surface area contributed by atoms with Crippen LogP contribution in [0.4, 0.5) is 0 Å². The molecule has 0 unspecified atom stereocenters. The van der Waals surface area contributed by atoms with E-state index in [1.54, 1.807) is 0 Å². The van der Waals surface area contributed by atoms with Crippen LogP contribution in [-0.4, -0.2) is 24.8 Å². The molecule has 0 saturated carbocycles. The van der Waals surface area contributed by atoms with Gasteiger partial charge in [-0.05, 0) is 0 Å². The SMILES string of the molecule is CCCCCCCC[PH](CN)(CCCCCCCC)CCCCCCCC. The van der Waals surface area contributed by atoms with Crippen molar-refractivity contribution in [2.45, 2.75) is 136 Å². The van der Waals surface area contributed by atoms with E-state index in [2.05, 4.69) is 20.8 Å². The van der Waals surface area contributed by atoms with Gasteiger partial charge in [-0.1, -0.05) is 0 Å². The Kier molecular flexibility index (Phi) is 21.4. The molecule has 0 aliphatic rings. The Hall–Kier alpha value is 0.390. The molecule has 0 bridgehead atoms. The second-order valence-electron chi connectivity index (χ2n) is 9.26. The molecular formula is C25H56NP. The summed E-state index contributed by atoms with van der Waals surface area (Å²) in [5.74, 6) is 0. The van der Waals surface area contributed by atoms with Crippen LogP contribution < -0.4 is 5.73 Å². The van der Waals surface area contributed by atoms with Gasteiger partial charge < -0.3 is 0 Å². The first-order valence-electron chi connectivity index (χ1n) is 12.9. The molecule has 0 spiro atoms. The van der Waals surface area contributed by atoms with Crippen LogP contribution >= 0.6 is 7.26 Å². The summed E-state index contributed by atoms with van der Waals surface area (Å²) in [5, 5.41) is 0. The fourth-order valence-corrected chi connectivity index (χ4v) is 8.88. The second kappa shape index (κ2) is 21.1. The van der Waals surface area contributed by atoms with Crippen molar-refractivity contribution in [2.24, 2.45) is 5.73 Å². The van der Waals surface area contributed by atoms with Crippen LogP contribution in [0, 0.1) is 0 Å². The maximum atomic E-state index is 6.46. The summed E-state index contributed by atoms with van der Waals surface area (Å²) in [5.41, 5.74) is 6.46. The van der Waals surface area contributed by atoms with E-state index < -0.39 is 7.26 Å². The summed E-state index contributed by atoms with van der Waals surface area (Å²) in [6.45, 7) is 6.94. The van der Waals surface area contributed by atoms with Crippen LogP contribution in [0.5, 0.6) is 0 Å². The molecule has 2 heteroatoms. The normalized spacial score (nSPS) is 12.6. The van der Waals surface area contributed by atoms with Gasteiger partial charge in [0.15, 0.2) is 0 Å². The zero-order valence-corrected chi connectivity index (χ0v) is 20.6. The molecule has 2 N–H and O–H groups in total. The fraction of sp³-hybridized carbons (Fsp3) is 1.00. The molecule has 27 heavy (non-hydrogen) atoms. The number of hydrogen-bond acceptors (Lipinski definition) is 1. The van der Waals surface area contributed by atoms with Crippen molar-refractivity contribution < 1.29 is 0 Å². The van der Waals surface area contributed by atoms with Gasteiger partial charge in [0.25, 0.3) is 0 Å². The van der Waals surface area contributed by atoms with Crippen molar-refractivity contribution in [3.63, 3.8) is 0 Å². The van der Waals surface area contributed by atoms with E-state index in [1.807, 2.05) is 0 Å². The quantitative estimate of drug-likeness (QED) is 0.142. The van der Waals surface area contributed by atoms with E-state index in [4.69, 9.17) is 5.73 Å². The van der Waals surface area contributed by atoms with Crippen molar-refractivity contribution in [1.29, 1.82) is 0 Å². The van der Waals surface area contributed by atoms with E-state index in [0.717, 1.165) is 6.29 Å². The van der Waals surface area contributed by atoms with E-state index in [9.17, 15) is 0 Å². The third kappa shape index (κ3) is 17.0. The molecule has 0 heterocycles. The summed E-state index contributed by atoms with van der Waals surface area (Å²) in [7, 11) is -1.20. The Labute approximate surface area is 174 Å². The molecule has 166 valence electrons. The molecule has 1 nitrogen and oxygen atoms in total. The predicted octanol–water partition coefficient (Wildman–Crippen LogP) is 8.73. The molecular weight excluding hydrogens is 345 g/mol. The molecule has 0 radical (unpaired) electrons. The topological polar surface area (TPSA) is 26.0 Å². The van der Waals surface area contributed by atoms with Gasteiger partial charge in [0.05, 0.1) is 0 Å². The minimum absolute atomic E-state index is 1.06. The number of unbranched alkanes of at least 4 members (excludes halogenated alkanes) is 15. The Balaban J connectivity index is 4.23. The van der Waals surface area contributed by atoms with Crippen molar-refractivity contribution in [2.75, 3.05) is 24.8 Å². The first-order valence-corrected chi connectivity index (χ1v) is 15.8. The Morgan fingerprint density at radius 1 is 0.407 bits per heavy atom. The molecule has 0 atom stereocenters. The Morgan fingerprint density at radius 3 is 0.926 bits per heavy atom. The van der Waals surface area contributed by atoms with Gasteiger partial charge in [-0.25, -0.2) is 0 Å². The fourth-order valence-electron chi connectivity index (χ4n) is 4.52. The third-order valence-electron chi connectivity index (χ3n) is 6.61. The Morgan fingerprint density at radius 2 is 0.667 bits per heavy atom. The van der Waals surface area contributed by atoms with Crippen LogP contribution in [0.3, 0.4) is 0 Å². The summed E-state index contributed by atoms with van der Waals surface area (Å²) < 4.78 is 0. The van der Waals surface area contributed by atoms with Crippen LogP contribution in [0.2, 0.25) is 0 Å². The summed E-state index contributed by atoms with van der Waals surface area (Å²) >= 11 is 0. The van der Waals surface area contributed by atoms with Crippen molar-refractivity contribution in [3.8, 4) is 0 Å². The zero-order valence-electron chi connectivity index (χ0n) is 19.6. The van der Waals surface area contributed by atoms with Crippen molar-refractivity contribution >= 4 is 7.26 Å². The molecule has 0 aliphatic carbocycles. The molecule has 0 saturated heterocycles. The van der Waals surface area contributed by atoms with Gasteiger partial charge in [-0.3, -0.25) is 0 Å². The number of rotatable bonds is 22. The summed E-state index contributed by atoms with van der Waals surface area (Å²) in [6.07, 6.45) is 31.5. The van der Waals surface area contributed by atoms with Crippen LogP contribution in [0.1, 0.15) is 136 Å². The van der Waals surface area contributed by atoms with Crippen molar-refractivity contribution in [1.82, 2.24) is 0 Å². The third-order valence-corrected chi connectivity index (χ3v) is 11.7. The van der Waals surface area contributed by atoms with E-state index >= 15 is 0 Å². The minimum atomic E-state index is -1.20. The predicted molar refractivity (Wildman–Crippen MR) is 132 cm³/mol. The molecule has 0 fully saturated rings. The van der Waals surface area contributed by atoms with Crippen LogP contribution in [-0.2, 0) is 0 Å². The summed E-state index contributed by atoms with van der Waals surface area (Å²) in [4.78, 5) is 0. The number of hydrogen-bond donors (Lipinski definition) is 1. The van der Waals surface area contributed by atoms with Gasteiger partial charge in [-0.2, -0.15) is 0 Å². The monoisotopic (exact) mass is 401 g/mol. The van der Waals surface area contributed by atoms with Crippen LogP contribution in [0.25, 0.3) is 0 Å². The van der Waals surface area contributed by atoms with Gasteiger partial charge in [0.2, 0.25) is 0 Å². The Bertz CT molecular complexity index is 239. The average Bonchev–Trinajstić information content (AvgIpc) is 2.69. The molecule has 0 aromatic carbocycles. The molecule has 0 aromatic heterocycles. The van der Waals surface area contributed by atoms with Crippen LogP contribution in [0.15, 0.2) is 0 Å². The van der Waals surface area contributed by atoms with E-state index in [0.29, 0.717) is 0 Å². The molecule has 0 amide bonds. The summed E-state index contributed by atoms with van der Waals surface area (Å²) in [6, 6.07) is 0. The van der Waals surface area contributed by atoms with Gasteiger partial charge >= 0.3 is 174 Å². The molecule has 0 aliphatic heterocycles. The van der Waals surface area contributed by atoms with Crippen molar-refractivity contribution in [3.05, 3.63) is 0 Å². The van der Waals surface area contributed by atoms with E-state index in [-0.39, 0.29) is 0 Å². The molecule has 0 aromatic rings. The average molecular weight is 402 g/mol. The first kappa shape index (κ1) is 27.4. The zero-order chi connectivity index (χ0) is 20.1. The maximum absolute atomic E-state index is 6.46. The van der Waals surface area contributed by atoms with E-state index in [1.165, 1.54) is 134 Å².